The molecule has 1 rings (SSSR count). The van der Waals surface area contributed by atoms with E-state index >= 15 is 0 Å². The van der Waals surface area contributed by atoms with E-state index in [4.69, 9.17) is 9.47 Å². The largest absolute Gasteiger partial charge is 0.420 e. The zero-order chi connectivity index (χ0) is 10.4. The molecule has 1 aromatic rings. The van der Waals surface area contributed by atoms with Gasteiger partial charge >= 0.3 is 6.47 Å². The Hall–Kier alpha value is -1.35. The molecule has 0 fully saturated rings. The molecule has 0 bridgehead atoms. The summed E-state index contributed by atoms with van der Waals surface area (Å²) in [7, 11) is 0. The Labute approximate surface area is 83.6 Å². The third-order valence-electron chi connectivity index (χ3n) is 1.95. The van der Waals surface area contributed by atoms with E-state index in [1.54, 1.807) is 6.92 Å². The summed E-state index contributed by atoms with van der Waals surface area (Å²) in [6.45, 7) is 5.42. The summed E-state index contributed by atoms with van der Waals surface area (Å²) in [6.07, 6.45) is 0. The molecule has 1 unspecified atom stereocenters. The van der Waals surface area contributed by atoms with Gasteiger partial charge in [0.25, 0.3) is 0 Å². The molecule has 1 aromatic carbocycles. The molecular formula is C11H13O3. The topological polar surface area (TPSA) is 35.5 Å². The molecule has 0 N–H and O–H groups in total. The van der Waals surface area contributed by atoms with Crippen molar-refractivity contribution in [3.05, 3.63) is 35.9 Å². The van der Waals surface area contributed by atoms with Crippen LogP contribution in [0.2, 0.25) is 0 Å². The summed E-state index contributed by atoms with van der Waals surface area (Å²) >= 11 is 0. The maximum Gasteiger partial charge on any atom is 0.420 e. The van der Waals surface area contributed by atoms with Crippen molar-refractivity contribution in [3.8, 4) is 0 Å². The van der Waals surface area contributed by atoms with Crippen molar-refractivity contribution in [2.24, 2.45) is 0 Å². The molecular weight excluding hydrogens is 180 g/mol. The van der Waals surface area contributed by atoms with Crippen molar-refractivity contribution in [1.29, 1.82) is 0 Å². The summed E-state index contributed by atoms with van der Waals surface area (Å²) in [4.78, 5) is 10.2. The fraction of sp³-hybridized carbons (Fsp3) is 0.364. The van der Waals surface area contributed by atoms with Crippen LogP contribution in [-0.4, -0.2) is 13.1 Å². The lowest BCUT2D eigenvalue weighted by Gasteiger charge is -2.26. The third-order valence-corrected chi connectivity index (χ3v) is 1.95. The van der Waals surface area contributed by atoms with E-state index in [0.717, 1.165) is 5.56 Å². The van der Waals surface area contributed by atoms with Gasteiger partial charge in [0.2, 0.25) is 5.79 Å². The summed E-state index contributed by atoms with van der Waals surface area (Å²) in [5.41, 5.74) is 0.796. The lowest BCUT2D eigenvalue weighted by atomic mass is 10.1. The van der Waals surface area contributed by atoms with Gasteiger partial charge in [0.05, 0.1) is 0 Å². The number of hydrogen-bond acceptors (Lipinski definition) is 3. The van der Waals surface area contributed by atoms with Crippen LogP contribution in [0.15, 0.2) is 30.3 Å². The summed E-state index contributed by atoms with van der Waals surface area (Å²) in [5, 5.41) is 0. The summed E-state index contributed by atoms with van der Waals surface area (Å²) in [6, 6.07) is 9.29. The standard InChI is InChI=1S/C11H13O3/c1-3-13-11(2,14-9-12)10-7-5-4-6-8-10/h4-8H,3H2,1-2H3. The number of rotatable bonds is 5. The second-order valence-electron chi connectivity index (χ2n) is 2.93. The average molecular weight is 193 g/mol. The first-order valence-electron chi connectivity index (χ1n) is 4.47. The van der Waals surface area contributed by atoms with Gasteiger partial charge in [-0.1, -0.05) is 30.3 Å². The molecule has 1 atom stereocenters. The van der Waals surface area contributed by atoms with Gasteiger partial charge in [-0.2, -0.15) is 0 Å². The van der Waals surface area contributed by atoms with E-state index in [1.165, 1.54) is 6.47 Å². The highest BCUT2D eigenvalue weighted by Crippen LogP contribution is 2.25. The average Bonchev–Trinajstić information content (AvgIpc) is 2.20. The Bertz CT molecular complexity index is 284. The smallest absolute Gasteiger partial charge is 0.420 e. The Morgan fingerprint density at radius 3 is 2.50 bits per heavy atom. The Morgan fingerprint density at radius 2 is 2.00 bits per heavy atom. The van der Waals surface area contributed by atoms with Gasteiger partial charge in [-0.25, -0.2) is 4.79 Å². The molecule has 14 heavy (non-hydrogen) atoms. The molecule has 0 aliphatic carbocycles. The van der Waals surface area contributed by atoms with E-state index in [9.17, 15) is 4.79 Å². The molecule has 0 aliphatic rings. The molecule has 0 saturated carbocycles. The van der Waals surface area contributed by atoms with E-state index in [2.05, 4.69) is 0 Å². The minimum atomic E-state index is -1.03. The van der Waals surface area contributed by atoms with Gasteiger partial charge in [-0.3, -0.25) is 0 Å². The fourth-order valence-corrected chi connectivity index (χ4v) is 1.27. The number of ether oxygens (including phenoxy) is 2. The van der Waals surface area contributed by atoms with Gasteiger partial charge in [0.1, 0.15) is 0 Å². The van der Waals surface area contributed by atoms with Gasteiger partial charge in [-0.05, 0) is 6.92 Å². The van der Waals surface area contributed by atoms with Crippen LogP contribution in [0.25, 0.3) is 0 Å². The summed E-state index contributed by atoms with van der Waals surface area (Å²) in [5.74, 6) is -1.03. The van der Waals surface area contributed by atoms with Crippen molar-refractivity contribution < 1.29 is 14.3 Å². The van der Waals surface area contributed by atoms with E-state index in [1.807, 2.05) is 37.3 Å². The normalized spacial score (nSPS) is 14.4. The van der Waals surface area contributed by atoms with Crippen molar-refractivity contribution in [1.82, 2.24) is 0 Å². The third kappa shape index (κ3) is 2.33. The number of benzene rings is 1. The molecule has 75 valence electrons. The lowest BCUT2D eigenvalue weighted by Crippen LogP contribution is -2.29. The van der Waals surface area contributed by atoms with E-state index in [0.29, 0.717) is 6.61 Å². The first-order chi connectivity index (χ1) is 6.73. The van der Waals surface area contributed by atoms with Crippen molar-refractivity contribution in [2.75, 3.05) is 6.61 Å². The second-order valence-corrected chi connectivity index (χ2v) is 2.93. The van der Waals surface area contributed by atoms with Crippen molar-refractivity contribution >= 4 is 6.47 Å². The van der Waals surface area contributed by atoms with Gasteiger partial charge < -0.3 is 9.47 Å². The van der Waals surface area contributed by atoms with E-state index < -0.39 is 5.79 Å². The Balaban J connectivity index is 2.92. The molecule has 3 nitrogen and oxygen atoms in total. The second kappa shape index (κ2) is 4.77. The Morgan fingerprint density at radius 1 is 1.36 bits per heavy atom. The van der Waals surface area contributed by atoms with Crippen LogP contribution in [0.1, 0.15) is 19.4 Å². The maximum absolute atomic E-state index is 10.2. The monoisotopic (exact) mass is 193 g/mol. The minimum absolute atomic E-state index is 0.465. The number of carbonyl (C=O) groups excluding carboxylic acids is 1. The van der Waals surface area contributed by atoms with E-state index in [-0.39, 0.29) is 0 Å². The lowest BCUT2D eigenvalue weighted by molar-refractivity contribution is -0.184. The Kier molecular flexibility index (Phi) is 3.65. The summed E-state index contributed by atoms with van der Waals surface area (Å²) < 4.78 is 10.2. The number of hydrogen-bond donors (Lipinski definition) is 0. The van der Waals surface area contributed by atoms with Crippen LogP contribution in [0.5, 0.6) is 0 Å². The van der Waals surface area contributed by atoms with Crippen LogP contribution in [0.3, 0.4) is 0 Å². The van der Waals surface area contributed by atoms with Gasteiger partial charge in [0.15, 0.2) is 0 Å². The molecule has 0 aliphatic heterocycles. The van der Waals surface area contributed by atoms with Crippen LogP contribution >= 0.6 is 0 Å². The molecule has 0 aromatic heterocycles. The highest BCUT2D eigenvalue weighted by molar-refractivity contribution is 5.40. The maximum atomic E-state index is 10.2. The van der Waals surface area contributed by atoms with Gasteiger partial charge in [0, 0.05) is 19.1 Å². The molecule has 0 saturated heterocycles. The molecule has 0 heterocycles. The molecule has 0 spiro atoms. The highest BCUT2D eigenvalue weighted by Gasteiger charge is 2.28. The van der Waals surface area contributed by atoms with Gasteiger partial charge in [-0.15, -0.1) is 0 Å². The first kappa shape index (κ1) is 10.7. The van der Waals surface area contributed by atoms with Crippen LogP contribution in [0.4, 0.5) is 0 Å². The molecule has 3 heteroatoms. The first-order valence-corrected chi connectivity index (χ1v) is 4.47. The molecule has 1 radical (unpaired) electrons. The van der Waals surface area contributed by atoms with Crippen LogP contribution < -0.4 is 0 Å². The zero-order valence-corrected chi connectivity index (χ0v) is 8.32. The van der Waals surface area contributed by atoms with Crippen molar-refractivity contribution in [3.63, 3.8) is 0 Å². The van der Waals surface area contributed by atoms with Crippen LogP contribution in [-0.2, 0) is 20.1 Å². The van der Waals surface area contributed by atoms with Crippen LogP contribution in [0, 0.1) is 0 Å². The fourth-order valence-electron chi connectivity index (χ4n) is 1.27. The quantitative estimate of drug-likeness (QED) is 0.671. The zero-order valence-electron chi connectivity index (χ0n) is 8.32. The predicted octanol–water partition coefficient (Wildman–Crippen LogP) is 1.98. The predicted molar refractivity (Wildman–Crippen MR) is 52.2 cm³/mol. The minimum Gasteiger partial charge on any atom is -0.420 e. The molecule has 0 amide bonds. The SMILES string of the molecule is CCOC(C)(O[C]=O)c1ccccc1. The van der Waals surface area contributed by atoms with Crippen molar-refractivity contribution in [2.45, 2.75) is 19.6 Å². The highest BCUT2D eigenvalue weighted by atomic mass is 16.7.